The number of fused-ring (bicyclic) bond motifs is 1. The van der Waals surface area contributed by atoms with Crippen molar-refractivity contribution in [1.82, 2.24) is 4.98 Å². The second kappa shape index (κ2) is 7.00. The standard InChI is InChI=1S/C19H18N2O3/c1-23-15-8-9-16-14(10-15)11-17(13-6-4-3-5-7-13)21-19(16)20-12-18(22)24-2/h3-11H,12H2,1-2H3,(H,20,21). The maximum atomic E-state index is 11.4. The number of hydrogen-bond donors (Lipinski definition) is 1. The van der Waals surface area contributed by atoms with E-state index in [1.807, 2.05) is 54.6 Å². The van der Waals surface area contributed by atoms with Gasteiger partial charge in [-0.3, -0.25) is 4.79 Å². The fourth-order valence-corrected chi connectivity index (χ4v) is 2.48. The van der Waals surface area contributed by atoms with Crippen molar-refractivity contribution < 1.29 is 14.3 Å². The smallest absolute Gasteiger partial charge is 0.325 e. The van der Waals surface area contributed by atoms with Gasteiger partial charge in [-0.1, -0.05) is 30.3 Å². The Morgan fingerprint density at radius 1 is 1.08 bits per heavy atom. The lowest BCUT2D eigenvalue weighted by Crippen LogP contribution is -2.16. The average Bonchev–Trinajstić information content (AvgIpc) is 2.65. The summed E-state index contributed by atoms with van der Waals surface area (Å²) < 4.78 is 9.99. The van der Waals surface area contributed by atoms with Crippen LogP contribution in [0, 0.1) is 0 Å². The van der Waals surface area contributed by atoms with Crippen LogP contribution < -0.4 is 10.1 Å². The van der Waals surface area contributed by atoms with E-state index in [0.717, 1.165) is 27.8 Å². The van der Waals surface area contributed by atoms with E-state index >= 15 is 0 Å². The predicted molar refractivity (Wildman–Crippen MR) is 94.2 cm³/mol. The second-order valence-electron chi connectivity index (χ2n) is 5.24. The third-order valence-corrected chi connectivity index (χ3v) is 3.74. The molecule has 0 saturated heterocycles. The molecule has 2 aromatic carbocycles. The Kier molecular flexibility index (Phi) is 4.61. The zero-order valence-electron chi connectivity index (χ0n) is 13.6. The summed E-state index contributed by atoms with van der Waals surface area (Å²) in [5, 5.41) is 4.96. The summed E-state index contributed by atoms with van der Waals surface area (Å²) in [5.74, 6) is 1.06. The molecule has 0 spiro atoms. The van der Waals surface area contributed by atoms with E-state index in [4.69, 9.17) is 4.74 Å². The van der Waals surface area contributed by atoms with Crippen LogP contribution in [-0.2, 0) is 9.53 Å². The maximum Gasteiger partial charge on any atom is 0.325 e. The van der Waals surface area contributed by atoms with Crippen LogP contribution in [0.15, 0.2) is 54.6 Å². The molecule has 1 N–H and O–H groups in total. The van der Waals surface area contributed by atoms with Gasteiger partial charge in [0.2, 0.25) is 0 Å². The van der Waals surface area contributed by atoms with Gasteiger partial charge in [0.1, 0.15) is 18.1 Å². The highest BCUT2D eigenvalue weighted by molar-refractivity contribution is 5.96. The number of hydrogen-bond acceptors (Lipinski definition) is 5. The minimum atomic E-state index is -0.344. The van der Waals surface area contributed by atoms with Crippen LogP contribution in [0.5, 0.6) is 5.75 Å². The number of methoxy groups -OCH3 is 2. The predicted octanol–water partition coefficient (Wildman–Crippen LogP) is 3.50. The molecule has 3 rings (SSSR count). The number of carbonyl (C=O) groups excluding carboxylic acids is 1. The molecule has 0 aliphatic carbocycles. The topological polar surface area (TPSA) is 60.5 Å². The first-order chi connectivity index (χ1) is 11.7. The van der Waals surface area contributed by atoms with Crippen molar-refractivity contribution >= 4 is 22.6 Å². The van der Waals surface area contributed by atoms with E-state index in [2.05, 4.69) is 15.0 Å². The number of pyridine rings is 1. The van der Waals surface area contributed by atoms with Gasteiger partial charge >= 0.3 is 5.97 Å². The molecule has 0 aliphatic rings. The zero-order chi connectivity index (χ0) is 16.9. The molecule has 0 saturated carbocycles. The van der Waals surface area contributed by atoms with E-state index in [9.17, 15) is 4.79 Å². The van der Waals surface area contributed by atoms with Crippen LogP contribution in [0.25, 0.3) is 22.0 Å². The van der Waals surface area contributed by atoms with Crippen LogP contribution in [-0.4, -0.2) is 31.7 Å². The summed E-state index contributed by atoms with van der Waals surface area (Å²) in [4.78, 5) is 16.1. The molecule has 24 heavy (non-hydrogen) atoms. The minimum absolute atomic E-state index is 0.0584. The SMILES string of the molecule is COC(=O)CNc1nc(-c2ccccc2)cc2cc(OC)ccc12. The lowest BCUT2D eigenvalue weighted by Gasteiger charge is -2.12. The third kappa shape index (κ3) is 3.30. The van der Waals surface area contributed by atoms with Crippen LogP contribution in [0.4, 0.5) is 5.82 Å². The number of nitrogens with one attached hydrogen (secondary N) is 1. The van der Waals surface area contributed by atoms with E-state index in [0.29, 0.717) is 5.82 Å². The van der Waals surface area contributed by atoms with Gasteiger partial charge in [-0.05, 0) is 29.7 Å². The molecule has 122 valence electrons. The van der Waals surface area contributed by atoms with Crippen LogP contribution in [0.3, 0.4) is 0 Å². The molecule has 5 nitrogen and oxygen atoms in total. The van der Waals surface area contributed by atoms with Gasteiger partial charge in [0.25, 0.3) is 0 Å². The molecule has 0 unspecified atom stereocenters. The quantitative estimate of drug-likeness (QED) is 0.729. The van der Waals surface area contributed by atoms with Crippen molar-refractivity contribution in [3.63, 3.8) is 0 Å². The molecule has 0 radical (unpaired) electrons. The molecule has 1 heterocycles. The van der Waals surface area contributed by atoms with E-state index in [-0.39, 0.29) is 12.5 Å². The number of aromatic nitrogens is 1. The molecular formula is C19H18N2O3. The first-order valence-corrected chi connectivity index (χ1v) is 7.56. The highest BCUT2D eigenvalue weighted by Gasteiger charge is 2.10. The summed E-state index contributed by atoms with van der Waals surface area (Å²) in [6, 6.07) is 17.7. The summed E-state index contributed by atoms with van der Waals surface area (Å²) in [6.07, 6.45) is 0. The van der Waals surface area contributed by atoms with Crippen molar-refractivity contribution in [1.29, 1.82) is 0 Å². The van der Waals surface area contributed by atoms with Crippen LogP contribution in [0.1, 0.15) is 0 Å². The van der Waals surface area contributed by atoms with E-state index in [1.54, 1.807) is 7.11 Å². The molecular weight excluding hydrogens is 304 g/mol. The number of benzene rings is 2. The summed E-state index contributed by atoms with van der Waals surface area (Å²) in [6.45, 7) is 0.0584. The first kappa shape index (κ1) is 15.8. The monoisotopic (exact) mass is 322 g/mol. The fourth-order valence-electron chi connectivity index (χ4n) is 2.48. The molecule has 0 bridgehead atoms. The van der Waals surface area contributed by atoms with Gasteiger partial charge < -0.3 is 14.8 Å². The Bertz CT molecular complexity index is 863. The Hall–Kier alpha value is -3.08. The van der Waals surface area contributed by atoms with Crippen molar-refractivity contribution in [2.45, 2.75) is 0 Å². The summed E-state index contributed by atoms with van der Waals surface area (Å²) in [5.41, 5.74) is 1.83. The van der Waals surface area contributed by atoms with Gasteiger partial charge in [0.15, 0.2) is 0 Å². The normalized spacial score (nSPS) is 10.4. The minimum Gasteiger partial charge on any atom is -0.497 e. The van der Waals surface area contributed by atoms with Crippen molar-refractivity contribution in [3.05, 3.63) is 54.6 Å². The van der Waals surface area contributed by atoms with Crippen molar-refractivity contribution in [3.8, 4) is 17.0 Å². The summed E-state index contributed by atoms with van der Waals surface area (Å²) in [7, 11) is 3.00. The average molecular weight is 322 g/mol. The van der Waals surface area contributed by atoms with Gasteiger partial charge in [0.05, 0.1) is 19.9 Å². The molecule has 3 aromatic rings. The molecule has 0 aliphatic heterocycles. The lowest BCUT2D eigenvalue weighted by atomic mass is 10.1. The largest absolute Gasteiger partial charge is 0.497 e. The third-order valence-electron chi connectivity index (χ3n) is 3.74. The number of rotatable bonds is 5. The number of carbonyl (C=O) groups is 1. The van der Waals surface area contributed by atoms with Gasteiger partial charge in [-0.2, -0.15) is 0 Å². The van der Waals surface area contributed by atoms with E-state index in [1.165, 1.54) is 7.11 Å². The number of nitrogens with zero attached hydrogens (tertiary/aromatic N) is 1. The molecule has 1 aromatic heterocycles. The molecule has 0 atom stereocenters. The maximum absolute atomic E-state index is 11.4. The summed E-state index contributed by atoms with van der Waals surface area (Å²) >= 11 is 0. The molecule has 5 heteroatoms. The van der Waals surface area contributed by atoms with Gasteiger partial charge in [0, 0.05) is 10.9 Å². The zero-order valence-corrected chi connectivity index (χ0v) is 13.6. The van der Waals surface area contributed by atoms with Crippen LogP contribution >= 0.6 is 0 Å². The van der Waals surface area contributed by atoms with Gasteiger partial charge in [-0.15, -0.1) is 0 Å². The highest BCUT2D eigenvalue weighted by atomic mass is 16.5. The molecule has 0 fully saturated rings. The van der Waals surface area contributed by atoms with Gasteiger partial charge in [-0.25, -0.2) is 4.98 Å². The highest BCUT2D eigenvalue weighted by Crippen LogP contribution is 2.30. The Balaban J connectivity index is 2.10. The first-order valence-electron chi connectivity index (χ1n) is 7.56. The van der Waals surface area contributed by atoms with Crippen molar-refractivity contribution in [2.24, 2.45) is 0 Å². The Labute approximate surface area is 140 Å². The lowest BCUT2D eigenvalue weighted by molar-refractivity contribution is -0.138. The Morgan fingerprint density at radius 2 is 1.88 bits per heavy atom. The number of anilines is 1. The van der Waals surface area contributed by atoms with E-state index < -0.39 is 0 Å². The number of ether oxygens (including phenoxy) is 2. The second-order valence-corrected chi connectivity index (χ2v) is 5.24. The van der Waals surface area contributed by atoms with Crippen molar-refractivity contribution in [2.75, 3.05) is 26.1 Å². The molecule has 0 amide bonds. The van der Waals surface area contributed by atoms with Crippen LogP contribution in [0.2, 0.25) is 0 Å². The Morgan fingerprint density at radius 3 is 2.58 bits per heavy atom. The fraction of sp³-hybridized carbons (Fsp3) is 0.158. The number of esters is 1.